The van der Waals surface area contributed by atoms with Crippen LogP contribution in [0.4, 0.5) is 35.2 Å². The van der Waals surface area contributed by atoms with Gasteiger partial charge in [0.2, 0.25) is 0 Å². The number of aromatic amines is 1. The van der Waals surface area contributed by atoms with Gasteiger partial charge in [0.25, 0.3) is 0 Å². The highest BCUT2D eigenvalue weighted by Crippen LogP contribution is 2.30. The second kappa shape index (κ2) is 5.11. The number of hydrogen-bond acceptors (Lipinski definition) is 3. The van der Waals surface area contributed by atoms with E-state index in [1.165, 1.54) is 18.3 Å². The Kier molecular flexibility index (Phi) is 3.51. The largest absolute Gasteiger partial charge is 0.416 e. The van der Waals surface area contributed by atoms with Gasteiger partial charge in [0.1, 0.15) is 0 Å². The average Bonchev–Trinajstić information content (AvgIpc) is 2.74. The number of aromatic nitrogens is 2. The van der Waals surface area contributed by atoms with Gasteiger partial charge in [0, 0.05) is 5.69 Å². The van der Waals surface area contributed by atoms with Crippen LogP contribution in [0.5, 0.6) is 0 Å². The van der Waals surface area contributed by atoms with E-state index in [1.807, 2.05) is 0 Å². The molecular formula is C11H10F3N5O. The summed E-state index contributed by atoms with van der Waals surface area (Å²) in [5.41, 5.74) is 4.85. The molecule has 0 saturated heterocycles. The Morgan fingerprint density at radius 1 is 1.30 bits per heavy atom. The summed E-state index contributed by atoms with van der Waals surface area (Å²) in [6.07, 6.45) is -3.18. The number of H-pyrrole nitrogens is 1. The van der Waals surface area contributed by atoms with E-state index in [0.717, 1.165) is 12.1 Å². The fourth-order valence-corrected chi connectivity index (χ4v) is 1.44. The molecule has 0 radical (unpaired) electrons. The molecule has 106 valence electrons. The Morgan fingerprint density at radius 2 is 2.05 bits per heavy atom. The van der Waals surface area contributed by atoms with Crippen LogP contribution in [0.15, 0.2) is 30.5 Å². The lowest BCUT2D eigenvalue weighted by Gasteiger charge is -2.10. The molecule has 5 N–H and O–H groups in total. The predicted octanol–water partition coefficient (Wildman–Crippen LogP) is 2.65. The molecule has 9 heteroatoms. The Morgan fingerprint density at radius 3 is 2.65 bits per heavy atom. The van der Waals surface area contributed by atoms with E-state index in [2.05, 4.69) is 20.8 Å². The van der Waals surface area contributed by atoms with E-state index in [-0.39, 0.29) is 17.2 Å². The highest BCUT2D eigenvalue weighted by molar-refractivity contribution is 6.00. The molecule has 0 fully saturated rings. The van der Waals surface area contributed by atoms with Crippen molar-refractivity contribution in [3.63, 3.8) is 0 Å². The molecule has 0 unspecified atom stereocenters. The van der Waals surface area contributed by atoms with E-state index >= 15 is 0 Å². The number of amides is 2. The van der Waals surface area contributed by atoms with Crippen LogP contribution in [0.2, 0.25) is 0 Å². The fraction of sp³-hybridized carbons (Fsp3) is 0.0909. The molecule has 20 heavy (non-hydrogen) atoms. The first-order valence-corrected chi connectivity index (χ1v) is 5.40. The number of nitrogen functional groups attached to an aromatic ring is 1. The minimum absolute atomic E-state index is 0.00964. The lowest BCUT2D eigenvalue weighted by molar-refractivity contribution is -0.137. The number of rotatable bonds is 2. The standard InChI is InChI=1S/C11H10F3N5O/c12-11(13,14)6-2-1-3-7(4-6)17-10(20)18-9-8(15)5-16-19-9/h1-5H,15H2,(H3,16,17,18,19,20). The van der Waals surface area contributed by atoms with Gasteiger partial charge < -0.3 is 11.1 Å². The van der Waals surface area contributed by atoms with E-state index in [0.29, 0.717) is 0 Å². The highest BCUT2D eigenvalue weighted by Gasteiger charge is 2.30. The van der Waals surface area contributed by atoms with Crippen LogP contribution in [-0.4, -0.2) is 16.2 Å². The SMILES string of the molecule is Nc1cn[nH]c1NC(=O)Nc1cccc(C(F)(F)F)c1. The Labute approximate surface area is 111 Å². The molecule has 0 saturated carbocycles. The van der Waals surface area contributed by atoms with E-state index in [1.54, 1.807) is 0 Å². The summed E-state index contributed by atoms with van der Waals surface area (Å²) in [7, 11) is 0. The third kappa shape index (κ3) is 3.19. The molecule has 2 aromatic rings. The number of nitrogens with two attached hydrogens (primary N) is 1. The highest BCUT2D eigenvalue weighted by atomic mass is 19.4. The number of benzene rings is 1. The van der Waals surface area contributed by atoms with Crippen molar-refractivity contribution in [3.05, 3.63) is 36.0 Å². The van der Waals surface area contributed by atoms with Crippen molar-refractivity contribution in [1.29, 1.82) is 0 Å². The van der Waals surface area contributed by atoms with Crippen LogP contribution >= 0.6 is 0 Å². The van der Waals surface area contributed by atoms with Crippen LogP contribution < -0.4 is 16.4 Å². The molecule has 0 aliphatic heterocycles. The lowest BCUT2D eigenvalue weighted by atomic mass is 10.2. The number of urea groups is 1. The molecule has 1 aromatic heterocycles. The molecule has 0 atom stereocenters. The summed E-state index contributed by atoms with van der Waals surface area (Å²) in [6, 6.07) is 3.54. The van der Waals surface area contributed by atoms with Crippen LogP contribution in [0.25, 0.3) is 0 Å². The van der Waals surface area contributed by atoms with Crippen molar-refractivity contribution in [2.75, 3.05) is 16.4 Å². The van der Waals surface area contributed by atoms with E-state index < -0.39 is 17.8 Å². The number of anilines is 3. The maximum Gasteiger partial charge on any atom is 0.416 e. The predicted molar refractivity (Wildman–Crippen MR) is 67.1 cm³/mol. The molecule has 0 aliphatic carbocycles. The third-order valence-corrected chi connectivity index (χ3v) is 2.35. The number of carbonyl (C=O) groups excluding carboxylic acids is 1. The number of nitrogens with zero attached hydrogens (tertiary/aromatic N) is 1. The molecule has 2 rings (SSSR count). The zero-order valence-corrected chi connectivity index (χ0v) is 9.95. The quantitative estimate of drug-likeness (QED) is 0.683. The first-order chi connectivity index (χ1) is 9.36. The zero-order chi connectivity index (χ0) is 14.8. The van der Waals surface area contributed by atoms with Crippen molar-refractivity contribution in [1.82, 2.24) is 10.2 Å². The Hall–Kier alpha value is -2.71. The average molecular weight is 285 g/mol. The van der Waals surface area contributed by atoms with Gasteiger partial charge in [-0.1, -0.05) is 6.07 Å². The van der Waals surface area contributed by atoms with Gasteiger partial charge in [0.15, 0.2) is 5.82 Å². The monoisotopic (exact) mass is 285 g/mol. The molecule has 2 amide bonds. The first-order valence-electron chi connectivity index (χ1n) is 5.40. The van der Waals surface area contributed by atoms with Crippen molar-refractivity contribution in [3.8, 4) is 0 Å². The summed E-state index contributed by atoms with van der Waals surface area (Å²) in [5.74, 6) is 0.162. The van der Waals surface area contributed by atoms with Gasteiger partial charge >= 0.3 is 12.2 Å². The second-order valence-corrected chi connectivity index (χ2v) is 3.86. The molecule has 6 nitrogen and oxygen atoms in total. The summed E-state index contributed by atoms with van der Waals surface area (Å²) < 4.78 is 37.5. The topological polar surface area (TPSA) is 95.8 Å². The molecule has 0 aliphatic rings. The van der Waals surface area contributed by atoms with Gasteiger partial charge in [-0.05, 0) is 18.2 Å². The summed E-state index contributed by atoms with van der Waals surface area (Å²) >= 11 is 0. The van der Waals surface area contributed by atoms with Gasteiger partial charge in [-0.15, -0.1) is 0 Å². The second-order valence-electron chi connectivity index (χ2n) is 3.86. The van der Waals surface area contributed by atoms with Crippen molar-refractivity contribution in [2.45, 2.75) is 6.18 Å². The normalized spacial score (nSPS) is 11.2. The maximum absolute atomic E-state index is 12.5. The fourth-order valence-electron chi connectivity index (χ4n) is 1.44. The summed E-state index contributed by atoms with van der Waals surface area (Å²) in [6.45, 7) is 0. The van der Waals surface area contributed by atoms with Crippen LogP contribution in [0, 0.1) is 0 Å². The number of hydrogen-bond donors (Lipinski definition) is 4. The molecule has 1 heterocycles. The first kappa shape index (κ1) is 13.7. The van der Waals surface area contributed by atoms with Gasteiger partial charge in [-0.3, -0.25) is 10.4 Å². The summed E-state index contributed by atoms with van der Waals surface area (Å²) in [5, 5.41) is 10.6. The van der Waals surface area contributed by atoms with Crippen molar-refractivity contribution < 1.29 is 18.0 Å². The summed E-state index contributed by atoms with van der Waals surface area (Å²) in [4.78, 5) is 11.6. The Bertz CT molecular complexity index is 623. The van der Waals surface area contributed by atoms with Gasteiger partial charge in [0.05, 0.1) is 17.4 Å². The Balaban J connectivity index is 2.07. The minimum atomic E-state index is -4.47. The third-order valence-electron chi connectivity index (χ3n) is 2.35. The van der Waals surface area contributed by atoms with Crippen LogP contribution in [-0.2, 0) is 6.18 Å². The van der Waals surface area contributed by atoms with Crippen molar-refractivity contribution in [2.24, 2.45) is 0 Å². The van der Waals surface area contributed by atoms with E-state index in [4.69, 9.17) is 5.73 Å². The van der Waals surface area contributed by atoms with Crippen molar-refractivity contribution >= 4 is 23.2 Å². The van der Waals surface area contributed by atoms with E-state index in [9.17, 15) is 18.0 Å². The van der Waals surface area contributed by atoms with Crippen LogP contribution in [0.1, 0.15) is 5.56 Å². The molecule has 0 bridgehead atoms. The lowest BCUT2D eigenvalue weighted by Crippen LogP contribution is -2.20. The molecule has 1 aromatic carbocycles. The van der Waals surface area contributed by atoms with Crippen LogP contribution in [0.3, 0.4) is 0 Å². The van der Waals surface area contributed by atoms with Gasteiger partial charge in [-0.2, -0.15) is 18.3 Å². The molecule has 0 spiro atoms. The number of halogens is 3. The van der Waals surface area contributed by atoms with Gasteiger partial charge in [-0.25, -0.2) is 4.79 Å². The number of carbonyl (C=O) groups is 1. The maximum atomic E-state index is 12.5. The molecular weight excluding hydrogens is 275 g/mol. The zero-order valence-electron chi connectivity index (χ0n) is 9.95. The minimum Gasteiger partial charge on any atom is -0.394 e. The number of nitrogens with one attached hydrogen (secondary N) is 3. The smallest absolute Gasteiger partial charge is 0.394 e. The number of alkyl halides is 3.